The highest BCUT2D eigenvalue weighted by Crippen LogP contribution is 2.18. The van der Waals surface area contributed by atoms with Gasteiger partial charge in [0.25, 0.3) is 0 Å². The molecule has 0 aromatic heterocycles. The molecule has 0 aliphatic heterocycles. The number of benzene rings is 1. The molecule has 17 heavy (non-hydrogen) atoms. The first-order valence-corrected chi connectivity index (χ1v) is 6.51. The molecule has 0 heterocycles. The van der Waals surface area contributed by atoms with Crippen molar-refractivity contribution in [1.29, 1.82) is 0 Å². The minimum absolute atomic E-state index is 0.0502. The zero-order valence-corrected chi connectivity index (χ0v) is 10.9. The van der Waals surface area contributed by atoms with Crippen LogP contribution >= 0.6 is 11.8 Å². The van der Waals surface area contributed by atoms with Crippen LogP contribution < -0.4 is 10.6 Å². The van der Waals surface area contributed by atoms with Crippen molar-refractivity contribution in [2.45, 2.75) is 24.8 Å². The summed E-state index contributed by atoms with van der Waals surface area (Å²) in [5, 5.41) is 5.09. The number of hydrogen-bond donors (Lipinski definition) is 2. The second-order valence-electron chi connectivity index (χ2n) is 3.81. The second kappa shape index (κ2) is 6.30. The number of amides is 2. The quantitative estimate of drug-likeness (QED) is 0.638. The lowest BCUT2D eigenvalue weighted by molar-refractivity contribution is -0.136. The van der Waals surface area contributed by atoms with Crippen LogP contribution in [0.4, 0.5) is 5.69 Å². The van der Waals surface area contributed by atoms with Gasteiger partial charge < -0.3 is 10.6 Å². The van der Waals surface area contributed by atoms with Gasteiger partial charge in [-0.05, 0) is 38.3 Å². The third-order valence-corrected chi connectivity index (χ3v) is 2.68. The highest BCUT2D eigenvalue weighted by atomic mass is 32.2. The van der Waals surface area contributed by atoms with Crippen molar-refractivity contribution in [1.82, 2.24) is 5.32 Å². The lowest BCUT2D eigenvalue weighted by atomic mass is 10.3. The predicted molar refractivity (Wildman–Crippen MR) is 70.1 cm³/mol. The van der Waals surface area contributed by atoms with Crippen LogP contribution in [-0.2, 0) is 9.59 Å². The second-order valence-corrected chi connectivity index (χ2v) is 4.69. The van der Waals surface area contributed by atoms with Crippen molar-refractivity contribution in [2.24, 2.45) is 0 Å². The van der Waals surface area contributed by atoms with Crippen LogP contribution in [-0.4, -0.2) is 24.1 Å². The monoisotopic (exact) mass is 252 g/mol. The topological polar surface area (TPSA) is 58.2 Å². The fourth-order valence-corrected chi connectivity index (χ4v) is 1.68. The molecule has 92 valence electrons. The van der Waals surface area contributed by atoms with Crippen molar-refractivity contribution in [3.63, 3.8) is 0 Å². The first kappa shape index (κ1) is 13.6. The summed E-state index contributed by atoms with van der Waals surface area (Å²) in [7, 11) is 0. The molecule has 0 aliphatic rings. The first-order valence-electron chi connectivity index (χ1n) is 5.29. The van der Waals surface area contributed by atoms with Crippen LogP contribution in [0.25, 0.3) is 0 Å². The zero-order chi connectivity index (χ0) is 12.8. The molecular formula is C12H16N2O2S. The van der Waals surface area contributed by atoms with Crippen LogP contribution in [0.3, 0.4) is 0 Å². The predicted octanol–water partition coefficient (Wildman–Crippen LogP) is 1.87. The van der Waals surface area contributed by atoms with Crippen molar-refractivity contribution in [3.8, 4) is 0 Å². The average Bonchev–Trinajstić information content (AvgIpc) is 2.28. The van der Waals surface area contributed by atoms with E-state index >= 15 is 0 Å². The fourth-order valence-electron chi connectivity index (χ4n) is 1.22. The standard InChI is InChI=1S/C12H16N2O2S/c1-8(2)13-11(15)12(16)14-9-5-4-6-10(7-9)17-3/h4-8H,1-3H3,(H,13,15)(H,14,16). The SMILES string of the molecule is CSc1cccc(NC(=O)C(=O)NC(C)C)c1. The van der Waals surface area contributed by atoms with E-state index in [1.54, 1.807) is 31.7 Å². The Morgan fingerprint density at radius 2 is 1.94 bits per heavy atom. The maximum atomic E-state index is 11.5. The Morgan fingerprint density at radius 3 is 2.53 bits per heavy atom. The summed E-state index contributed by atoms with van der Waals surface area (Å²) in [6.45, 7) is 3.61. The van der Waals surface area contributed by atoms with Crippen LogP contribution in [0.5, 0.6) is 0 Å². The number of rotatable bonds is 3. The van der Waals surface area contributed by atoms with E-state index in [0.29, 0.717) is 5.69 Å². The Kier molecular flexibility index (Phi) is 5.03. The number of nitrogens with one attached hydrogen (secondary N) is 2. The Morgan fingerprint density at radius 1 is 1.24 bits per heavy atom. The van der Waals surface area contributed by atoms with Gasteiger partial charge in [-0.25, -0.2) is 0 Å². The number of thioether (sulfide) groups is 1. The number of carbonyl (C=O) groups excluding carboxylic acids is 2. The number of anilines is 1. The van der Waals surface area contributed by atoms with Gasteiger partial charge in [0, 0.05) is 16.6 Å². The molecule has 0 aliphatic carbocycles. The van der Waals surface area contributed by atoms with Gasteiger partial charge in [-0.3, -0.25) is 9.59 Å². The molecule has 0 unspecified atom stereocenters. The van der Waals surface area contributed by atoms with Gasteiger partial charge in [0.2, 0.25) is 0 Å². The summed E-state index contributed by atoms with van der Waals surface area (Å²) in [5.41, 5.74) is 0.626. The van der Waals surface area contributed by atoms with Gasteiger partial charge in [-0.1, -0.05) is 6.07 Å². The molecule has 0 saturated heterocycles. The fraction of sp³-hybridized carbons (Fsp3) is 0.333. The highest BCUT2D eigenvalue weighted by molar-refractivity contribution is 7.98. The first-order chi connectivity index (χ1) is 8.02. The van der Waals surface area contributed by atoms with E-state index in [0.717, 1.165) is 4.90 Å². The third kappa shape index (κ3) is 4.48. The van der Waals surface area contributed by atoms with Crippen molar-refractivity contribution in [3.05, 3.63) is 24.3 Å². The molecule has 2 N–H and O–H groups in total. The Bertz CT molecular complexity index is 419. The Balaban J connectivity index is 2.64. The van der Waals surface area contributed by atoms with Gasteiger partial charge in [-0.15, -0.1) is 11.8 Å². The smallest absolute Gasteiger partial charge is 0.313 e. The number of hydrogen-bond acceptors (Lipinski definition) is 3. The van der Waals surface area contributed by atoms with Gasteiger partial charge >= 0.3 is 11.8 Å². The molecule has 1 aromatic rings. The molecule has 0 atom stereocenters. The van der Waals surface area contributed by atoms with Crippen molar-refractivity contribution < 1.29 is 9.59 Å². The number of carbonyl (C=O) groups is 2. The molecule has 0 spiro atoms. The minimum Gasteiger partial charge on any atom is -0.346 e. The van der Waals surface area contributed by atoms with Gasteiger partial charge in [0.05, 0.1) is 0 Å². The molecular weight excluding hydrogens is 236 g/mol. The molecule has 0 saturated carbocycles. The van der Waals surface area contributed by atoms with E-state index in [-0.39, 0.29) is 6.04 Å². The van der Waals surface area contributed by atoms with Crippen LogP contribution in [0, 0.1) is 0 Å². The van der Waals surface area contributed by atoms with E-state index < -0.39 is 11.8 Å². The van der Waals surface area contributed by atoms with Gasteiger partial charge in [0.1, 0.15) is 0 Å². The summed E-state index contributed by atoms with van der Waals surface area (Å²) in [5.74, 6) is -1.26. The lowest BCUT2D eigenvalue weighted by Gasteiger charge is -2.09. The molecule has 1 rings (SSSR count). The average molecular weight is 252 g/mol. The van der Waals surface area contributed by atoms with Crippen LogP contribution in [0.15, 0.2) is 29.2 Å². The Labute approximate surface area is 105 Å². The Hall–Kier alpha value is -1.49. The summed E-state index contributed by atoms with van der Waals surface area (Å²) in [6.07, 6.45) is 1.95. The third-order valence-electron chi connectivity index (χ3n) is 1.95. The van der Waals surface area contributed by atoms with E-state index in [1.807, 2.05) is 24.5 Å². The molecule has 0 radical (unpaired) electrons. The zero-order valence-electron chi connectivity index (χ0n) is 10.1. The normalized spacial score (nSPS) is 10.1. The molecule has 1 aromatic carbocycles. The summed E-state index contributed by atoms with van der Waals surface area (Å²) in [4.78, 5) is 23.9. The van der Waals surface area contributed by atoms with E-state index in [2.05, 4.69) is 10.6 Å². The van der Waals surface area contributed by atoms with Crippen molar-refractivity contribution >= 4 is 29.3 Å². The van der Waals surface area contributed by atoms with Crippen molar-refractivity contribution in [2.75, 3.05) is 11.6 Å². The summed E-state index contributed by atoms with van der Waals surface area (Å²) in [6, 6.07) is 7.30. The van der Waals surface area contributed by atoms with Gasteiger partial charge in [-0.2, -0.15) is 0 Å². The molecule has 0 fully saturated rings. The molecule has 0 bridgehead atoms. The molecule has 4 nitrogen and oxygen atoms in total. The summed E-state index contributed by atoms with van der Waals surface area (Å²) < 4.78 is 0. The van der Waals surface area contributed by atoms with Crippen LogP contribution in [0.1, 0.15) is 13.8 Å². The summed E-state index contributed by atoms with van der Waals surface area (Å²) >= 11 is 1.58. The molecule has 5 heteroatoms. The minimum atomic E-state index is -0.642. The highest BCUT2D eigenvalue weighted by Gasteiger charge is 2.14. The largest absolute Gasteiger partial charge is 0.346 e. The van der Waals surface area contributed by atoms with Gasteiger partial charge in [0.15, 0.2) is 0 Å². The maximum Gasteiger partial charge on any atom is 0.313 e. The lowest BCUT2D eigenvalue weighted by Crippen LogP contribution is -2.39. The van der Waals surface area contributed by atoms with E-state index in [9.17, 15) is 9.59 Å². The molecule has 2 amide bonds. The van der Waals surface area contributed by atoms with E-state index in [4.69, 9.17) is 0 Å². The van der Waals surface area contributed by atoms with E-state index in [1.165, 1.54) is 0 Å². The van der Waals surface area contributed by atoms with Crippen LogP contribution in [0.2, 0.25) is 0 Å². The maximum absolute atomic E-state index is 11.5.